The highest BCUT2D eigenvalue weighted by Gasteiger charge is 2.49. The number of aliphatic hydroxyl groups excluding tert-OH is 1. The minimum absolute atomic E-state index is 0.0467. The van der Waals surface area contributed by atoms with Crippen molar-refractivity contribution in [2.75, 3.05) is 5.75 Å². The third kappa shape index (κ3) is 4.47. The highest BCUT2D eigenvalue weighted by molar-refractivity contribution is 7.91. The summed E-state index contributed by atoms with van der Waals surface area (Å²) in [4.78, 5) is 0.302. The van der Waals surface area contributed by atoms with Crippen molar-refractivity contribution in [3.8, 4) is 0 Å². The molecule has 3 nitrogen and oxygen atoms in total. The Bertz CT molecular complexity index is 958. The number of unbranched alkanes of at least 4 members (excludes halogenated alkanes) is 2. The first-order valence-electron chi connectivity index (χ1n) is 11.0. The minimum atomic E-state index is -3.58. The molecule has 3 rings (SSSR count). The van der Waals surface area contributed by atoms with Gasteiger partial charge in [0.25, 0.3) is 0 Å². The first-order valence-corrected chi connectivity index (χ1v) is 12.7. The number of aliphatic hydroxyl groups is 1. The second-order valence-corrected chi connectivity index (χ2v) is 10.8. The van der Waals surface area contributed by atoms with Gasteiger partial charge < -0.3 is 5.11 Å². The maximum absolute atomic E-state index is 13.6. The Kier molecular flexibility index (Phi) is 7.03. The third-order valence-electron chi connectivity index (χ3n) is 6.54. The van der Waals surface area contributed by atoms with Crippen molar-refractivity contribution < 1.29 is 17.9 Å². The standard InChI is InChI=1S/C25H33FO3S/c1-4-6-14-25(15-7-5-2)17-30(28,29)22-13-8-18(3)16-21(22)23(24(25)27)19-9-11-20(26)12-10-19/h8-13,16,23-24,27H,4-7,14-15,17H2,1-3H3/t23-,24?/m1/s1. The summed E-state index contributed by atoms with van der Waals surface area (Å²) in [7, 11) is -3.58. The Balaban J connectivity index is 2.27. The molecule has 1 aliphatic rings. The lowest BCUT2D eigenvalue weighted by Crippen LogP contribution is -2.43. The second-order valence-electron chi connectivity index (χ2n) is 8.84. The lowest BCUT2D eigenvalue weighted by Gasteiger charge is -2.40. The zero-order valence-electron chi connectivity index (χ0n) is 18.2. The van der Waals surface area contributed by atoms with Crippen molar-refractivity contribution in [2.45, 2.75) is 76.2 Å². The van der Waals surface area contributed by atoms with Gasteiger partial charge in [0, 0.05) is 11.3 Å². The molecule has 5 heteroatoms. The minimum Gasteiger partial charge on any atom is -0.392 e. The van der Waals surface area contributed by atoms with E-state index in [-0.39, 0.29) is 11.6 Å². The Morgan fingerprint density at radius 1 is 1.03 bits per heavy atom. The summed E-state index contributed by atoms with van der Waals surface area (Å²) in [5, 5.41) is 11.8. The number of fused-ring (bicyclic) bond motifs is 1. The molecule has 164 valence electrons. The number of hydrogen-bond donors (Lipinski definition) is 1. The van der Waals surface area contributed by atoms with Gasteiger partial charge in [-0.1, -0.05) is 69.4 Å². The van der Waals surface area contributed by atoms with E-state index in [0.717, 1.165) is 36.8 Å². The van der Waals surface area contributed by atoms with Gasteiger partial charge in [0.1, 0.15) is 5.82 Å². The number of halogens is 1. The molecule has 0 bridgehead atoms. The summed E-state index contributed by atoms with van der Waals surface area (Å²) < 4.78 is 40.7. The van der Waals surface area contributed by atoms with Gasteiger partial charge in [0.2, 0.25) is 0 Å². The average molecular weight is 433 g/mol. The molecule has 0 aromatic heterocycles. The van der Waals surface area contributed by atoms with E-state index in [1.54, 1.807) is 18.2 Å². The summed E-state index contributed by atoms with van der Waals surface area (Å²) in [5.74, 6) is -0.900. The Morgan fingerprint density at radius 2 is 1.63 bits per heavy atom. The van der Waals surface area contributed by atoms with Gasteiger partial charge in [-0.05, 0) is 49.1 Å². The molecule has 1 unspecified atom stereocenters. The van der Waals surface area contributed by atoms with Crippen LogP contribution >= 0.6 is 0 Å². The van der Waals surface area contributed by atoms with Crippen LogP contribution in [0.15, 0.2) is 47.4 Å². The largest absolute Gasteiger partial charge is 0.392 e. The van der Waals surface area contributed by atoms with Crippen LogP contribution in [-0.4, -0.2) is 25.4 Å². The molecule has 0 fully saturated rings. The van der Waals surface area contributed by atoms with E-state index >= 15 is 0 Å². The molecule has 0 aliphatic carbocycles. The van der Waals surface area contributed by atoms with Gasteiger partial charge in [-0.2, -0.15) is 0 Å². The lowest BCUT2D eigenvalue weighted by atomic mass is 9.68. The van der Waals surface area contributed by atoms with Crippen LogP contribution in [0, 0.1) is 18.2 Å². The Labute approximate surface area is 180 Å². The summed E-state index contributed by atoms with van der Waals surface area (Å²) in [6, 6.07) is 11.5. The molecule has 1 heterocycles. The molecule has 2 aromatic rings. The van der Waals surface area contributed by atoms with Crippen molar-refractivity contribution in [1.82, 2.24) is 0 Å². The van der Waals surface area contributed by atoms with E-state index < -0.39 is 27.3 Å². The molecule has 1 aliphatic heterocycles. The van der Waals surface area contributed by atoms with Gasteiger partial charge in [0.05, 0.1) is 16.8 Å². The van der Waals surface area contributed by atoms with Crippen LogP contribution in [0.2, 0.25) is 0 Å². The van der Waals surface area contributed by atoms with Crippen molar-refractivity contribution in [3.63, 3.8) is 0 Å². The van der Waals surface area contributed by atoms with E-state index in [0.29, 0.717) is 23.3 Å². The lowest BCUT2D eigenvalue weighted by molar-refractivity contribution is 0.0127. The van der Waals surface area contributed by atoms with Crippen LogP contribution in [0.4, 0.5) is 4.39 Å². The number of sulfone groups is 1. The number of benzene rings is 2. The molecule has 0 saturated carbocycles. The first-order chi connectivity index (χ1) is 14.2. The molecule has 0 amide bonds. The Hall–Kier alpha value is -1.72. The fraction of sp³-hybridized carbons (Fsp3) is 0.520. The van der Waals surface area contributed by atoms with Gasteiger partial charge in [-0.15, -0.1) is 0 Å². The molecule has 0 saturated heterocycles. The maximum atomic E-state index is 13.6. The number of hydrogen-bond acceptors (Lipinski definition) is 3. The molecule has 2 aromatic carbocycles. The van der Waals surface area contributed by atoms with Crippen molar-refractivity contribution in [2.24, 2.45) is 5.41 Å². The van der Waals surface area contributed by atoms with E-state index in [9.17, 15) is 17.9 Å². The fourth-order valence-electron chi connectivity index (χ4n) is 4.91. The maximum Gasteiger partial charge on any atom is 0.179 e. The predicted octanol–water partition coefficient (Wildman–Crippen LogP) is 5.78. The molecule has 2 atom stereocenters. The van der Waals surface area contributed by atoms with Gasteiger partial charge in [-0.3, -0.25) is 0 Å². The SMILES string of the molecule is CCCCC1(CCCC)CS(=O)(=O)c2ccc(C)cc2[C@@H](c2ccc(F)cc2)C1O. The number of rotatable bonds is 7. The van der Waals surface area contributed by atoms with E-state index in [4.69, 9.17) is 0 Å². The van der Waals surface area contributed by atoms with Crippen LogP contribution in [-0.2, 0) is 9.84 Å². The van der Waals surface area contributed by atoms with Crippen molar-refractivity contribution >= 4 is 9.84 Å². The summed E-state index contributed by atoms with van der Waals surface area (Å²) in [6.45, 7) is 6.09. The van der Waals surface area contributed by atoms with Gasteiger partial charge in [-0.25, -0.2) is 12.8 Å². The Morgan fingerprint density at radius 3 is 2.20 bits per heavy atom. The zero-order valence-corrected chi connectivity index (χ0v) is 19.0. The van der Waals surface area contributed by atoms with E-state index in [1.165, 1.54) is 12.1 Å². The van der Waals surface area contributed by atoms with E-state index in [2.05, 4.69) is 13.8 Å². The monoisotopic (exact) mass is 432 g/mol. The van der Waals surface area contributed by atoms with Gasteiger partial charge in [0.15, 0.2) is 9.84 Å². The van der Waals surface area contributed by atoms with Crippen LogP contribution in [0.3, 0.4) is 0 Å². The average Bonchev–Trinajstić information content (AvgIpc) is 2.77. The smallest absolute Gasteiger partial charge is 0.179 e. The summed E-state index contributed by atoms with van der Waals surface area (Å²) >= 11 is 0. The summed E-state index contributed by atoms with van der Waals surface area (Å²) in [6.07, 6.45) is 4.06. The van der Waals surface area contributed by atoms with Crippen LogP contribution < -0.4 is 0 Å². The quantitative estimate of drug-likeness (QED) is 0.603. The van der Waals surface area contributed by atoms with E-state index in [1.807, 2.05) is 19.1 Å². The predicted molar refractivity (Wildman–Crippen MR) is 119 cm³/mol. The highest BCUT2D eigenvalue weighted by atomic mass is 32.2. The number of aryl methyl sites for hydroxylation is 1. The third-order valence-corrected chi connectivity index (χ3v) is 8.54. The van der Waals surface area contributed by atoms with Crippen molar-refractivity contribution in [1.29, 1.82) is 0 Å². The normalized spacial score (nSPS) is 22.3. The van der Waals surface area contributed by atoms with Crippen molar-refractivity contribution in [3.05, 3.63) is 65.0 Å². The highest BCUT2D eigenvalue weighted by Crippen LogP contribution is 2.49. The van der Waals surface area contributed by atoms with Crippen LogP contribution in [0.1, 0.15) is 75.0 Å². The molecule has 0 radical (unpaired) electrons. The van der Waals surface area contributed by atoms with Gasteiger partial charge >= 0.3 is 0 Å². The molecular weight excluding hydrogens is 399 g/mol. The fourth-order valence-corrected chi connectivity index (χ4v) is 7.11. The topological polar surface area (TPSA) is 54.4 Å². The summed E-state index contributed by atoms with van der Waals surface area (Å²) in [5.41, 5.74) is 1.60. The molecule has 1 N–H and O–H groups in total. The zero-order chi connectivity index (χ0) is 21.9. The molecule has 0 spiro atoms. The molecule has 30 heavy (non-hydrogen) atoms. The van der Waals surface area contributed by atoms with Crippen LogP contribution in [0.5, 0.6) is 0 Å². The first kappa shape index (κ1) is 23.0. The molecular formula is C25H33FO3S. The van der Waals surface area contributed by atoms with Crippen LogP contribution in [0.25, 0.3) is 0 Å². The second kappa shape index (κ2) is 9.19.